The zero-order valence-corrected chi connectivity index (χ0v) is 12.1. The number of fused-ring (bicyclic) bond motifs is 1. The molecule has 6 heteroatoms. The molecule has 0 unspecified atom stereocenters. The lowest BCUT2D eigenvalue weighted by atomic mass is 9.73. The monoisotopic (exact) mass is 286 g/mol. The lowest BCUT2D eigenvalue weighted by Gasteiger charge is -2.19. The van der Waals surface area contributed by atoms with Crippen LogP contribution in [0, 0.1) is 0 Å². The molecule has 1 aliphatic rings. The number of amides is 1. The van der Waals surface area contributed by atoms with E-state index in [-0.39, 0.29) is 5.91 Å². The van der Waals surface area contributed by atoms with E-state index in [2.05, 4.69) is 17.2 Å². The average Bonchev–Trinajstić information content (AvgIpc) is 2.49. The molecule has 0 aromatic heterocycles. The summed E-state index contributed by atoms with van der Waals surface area (Å²) < 4.78 is 5.19. The van der Waals surface area contributed by atoms with Crippen molar-refractivity contribution in [3.05, 3.63) is 48.2 Å². The zero-order valence-electron chi connectivity index (χ0n) is 12.1. The first-order chi connectivity index (χ1) is 10.2. The third-order valence-corrected chi connectivity index (χ3v) is 3.26. The maximum atomic E-state index is 12.1. The van der Waals surface area contributed by atoms with E-state index in [0.29, 0.717) is 23.3 Å². The summed E-state index contributed by atoms with van der Waals surface area (Å²) in [5, 5.41) is 15.6. The Kier molecular flexibility index (Phi) is 5.19. The maximum Gasteiger partial charge on any atom is 0.491 e. The topological polar surface area (TPSA) is 70.6 Å². The van der Waals surface area contributed by atoms with Crippen molar-refractivity contribution in [3.63, 3.8) is 0 Å². The Labute approximate surface area is 124 Å². The molecule has 1 aromatic carbocycles. The summed E-state index contributed by atoms with van der Waals surface area (Å²) in [4.78, 5) is 12.1. The summed E-state index contributed by atoms with van der Waals surface area (Å²) in [6, 6.07) is 5.46. The molecule has 0 radical (unpaired) electrons. The van der Waals surface area contributed by atoms with Gasteiger partial charge in [-0.15, -0.1) is 0 Å². The fourth-order valence-electron chi connectivity index (χ4n) is 2.13. The highest BCUT2D eigenvalue weighted by molar-refractivity contribution is 6.61. The van der Waals surface area contributed by atoms with Crippen LogP contribution in [0.5, 0.6) is 0 Å². The van der Waals surface area contributed by atoms with Crippen molar-refractivity contribution < 1.29 is 14.5 Å². The Morgan fingerprint density at radius 3 is 3.10 bits per heavy atom. The second-order valence-corrected chi connectivity index (χ2v) is 4.70. The number of hydrogen-bond donors (Lipinski definition) is 3. The molecule has 21 heavy (non-hydrogen) atoms. The van der Waals surface area contributed by atoms with Gasteiger partial charge in [0.25, 0.3) is 5.91 Å². The molecule has 0 saturated carbocycles. The Morgan fingerprint density at radius 1 is 1.57 bits per heavy atom. The normalized spacial score (nSPS) is 14.4. The van der Waals surface area contributed by atoms with Crippen molar-refractivity contribution in [1.29, 1.82) is 0 Å². The lowest BCUT2D eigenvalue weighted by molar-refractivity contribution is -0.112. The van der Waals surface area contributed by atoms with Crippen LogP contribution in [0.3, 0.4) is 0 Å². The summed E-state index contributed by atoms with van der Waals surface area (Å²) >= 11 is 0. The first kappa shape index (κ1) is 15.3. The Morgan fingerprint density at radius 2 is 2.38 bits per heavy atom. The van der Waals surface area contributed by atoms with Gasteiger partial charge in [0.1, 0.15) is 0 Å². The summed E-state index contributed by atoms with van der Waals surface area (Å²) in [6.45, 7) is 6.81. The first-order valence-corrected chi connectivity index (χ1v) is 6.95. The molecular weight excluding hydrogens is 267 g/mol. The van der Waals surface area contributed by atoms with Gasteiger partial charge in [-0.1, -0.05) is 18.7 Å². The molecule has 0 aliphatic carbocycles. The van der Waals surface area contributed by atoms with Crippen molar-refractivity contribution in [1.82, 2.24) is 5.32 Å². The summed E-state index contributed by atoms with van der Waals surface area (Å²) in [5.74, 6) is -0.253. The van der Waals surface area contributed by atoms with Crippen molar-refractivity contribution in [2.75, 3.05) is 18.5 Å². The van der Waals surface area contributed by atoms with Gasteiger partial charge in [-0.2, -0.15) is 0 Å². The molecule has 5 nitrogen and oxygen atoms in total. The van der Waals surface area contributed by atoms with Gasteiger partial charge in [0, 0.05) is 25.0 Å². The maximum absolute atomic E-state index is 12.1. The number of anilines is 1. The minimum Gasteiger partial charge on any atom is -0.423 e. The summed E-state index contributed by atoms with van der Waals surface area (Å²) in [7, 11) is -0.929. The smallest absolute Gasteiger partial charge is 0.423 e. The van der Waals surface area contributed by atoms with Crippen LogP contribution in [-0.2, 0) is 15.9 Å². The number of benzene rings is 1. The van der Waals surface area contributed by atoms with Gasteiger partial charge < -0.3 is 20.3 Å². The highest BCUT2D eigenvalue weighted by Crippen LogP contribution is 2.13. The summed E-state index contributed by atoms with van der Waals surface area (Å²) in [6.07, 6.45) is 3.88. The van der Waals surface area contributed by atoms with Crippen molar-refractivity contribution in [2.45, 2.75) is 13.3 Å². The number of carbonyl (C=O) groups excluding carboxylic acids is 1. The Hall–Kier alpha value is -2.05. The molecule has 0 fully saturated rings. The minimum atomic E-state index is -0.929. The molecule has 1 aliphatic heterocycles. The van der Waals surface area contributed by atoms with Gasteiger partial charge >= 0.3 is 7.12 Å². The molecule has 3 N–H and O–H groups in total. The number of carbonyl (C=O) groups is 1. The first-order valence-electron chi connectivity index (χ1n) is 6.95. The number of hydrogen-bond acceptors (Lipinski definition) is 4. The van der Waals surface area contributed by atoms with E-state index in [0.717, 1.165) is 18.5 Å². The highest BCUT2D eigenvalue weighted by atomic mass is 16.5. The fraction of sp³-hybridized carbons (Fsp3) is 0.267. The van der Waals surface area contributed by atoms with Gasteiger partial charge in [0.05, 0.1) is 5.57 Å². The molecule has 0 spiro atoms. The van der Waals surface area contributed by atoms with Gasteiger partial charge in [-0.25, -0.2) is 0 Å². The highest BCUT2D eigenvalue weighted by Gasteiger charge is 2.25. The van der Waals surface area contributed by atoms with E-state index >= 15 is 0 Å². The van der Waals surface area contributed by atoms with Gasteiger partial charge in [-0.05, 0) is 36.5 Å². The van der Waals surface area contributed by atoms with Crippen LogP contribution < -0.4 is 16.1 Å². The van der Waals surface area contributed by atoms with Crippen LogP contribution in [0.2, 0.25) is 0 Å². The molecule has 1 aromatic rings. The summed E-state index contributed by atoms with van der Waals surface area (Å²) in [5.41, 5.74) is 2.81. The fourth-order valence-corrected chi connectivity index (χ4v) is 2.13. The third kappa shape index (κ3) is 3.74. The van der Waals surface area contributed by atoms with E-state index in [4.69, 9.17) is 4.65 Å². The van der Waals surface area contributed by atoms with E-state index < -0.39 is 7.12 Å². The standard InChI is InChI=1S/C15H19BN2O3/c1-3-11(10-17-4-2)15(19)18-13-6-5-12-7-8-21-16(20)14(12)9-13/h3,5-6,9-10,17,20H,1,4,7-8H2,2H3,(H,18,19)/b11-10+. The largest absolute Gasteiger partial charge is 0.491 e. The second-order valence-electron chi connectivity index (χ2n) is 4.70. The van der Waals surface area contributed by atoms with E-state index in [1.807, 2.05) is 19.1 Å². The van der Waals surface area contributed by atoms with Gasteiger partial charge in [0.15, 0.2) is 0 Å². The Balaban J connectivity index is 2.14. The molecular formula is C15H19BN2O3. The van der Waals surface area contributed by atoms with Crippen LogP contribution in [-0.4, -0.2) is 31.2 Å². The van der Waals surface area contributed by atoms with E-state index in [1.165, 1.54) is 6.08 Å². The minimum absolute atomic E-state index is 0.253. The molecule has 1 amide bonds. The molecule has 1 heterocycles. The van der Waals surface area contributed by atoms with Crippen molar-refractivity contribution in [2.24, 2.45) is 0 Å². The Bertz CT molecular complexity index is 572. The third-order valence-electron chi connectivity index (χ3n) is 3.26. The SMILES string of the molecule is C=C/C(=C\NCC)C(=O)Nc1ccc2c(c1)B(O)OCC2. The predicted octanol–water partition coefficient (Wildman–Crippen LogP) is 0.565. The number of nitrogens with one attached hydrogen (secondary N) is 2. The van der Waals surface area contributed by atoms with Gasteiger partial charge in [-0.3, -0.25) is 4.79 Å². The van der Waals surface area contributed by atoms with E-state index in [9.17, 15) is 9.82 Å². The van der Waals surface area contributed by atoms with Crippen LogP contribution in [0.25, 0.3) is 0 Å². The van der Waals surface area contributed by atoms with Crippen molar-refractivity contribution in [3.8, 4) is 0 Å². The average molecular weight is 286 g/mol. The van der Waals surface area contributed by atoms with Crippen LogP contribution in [0.1, 0.15) is 12.5 Å². The molecule has 0 saturated heterocycles. The van der Waals surface area contributed by atoms with Crippen LogP contribution in [0.4, 0.5) is 5.69 Å². The van der Waals surface area contributed by atoms with Crippen molar-refractivity contribution >= 4 is 24.2 Å². The molecule has 2 rings (SSSR count). The molecule has 0 bridgehead atoms. The van der Waals surface area contributed by atoms with Crippen LogP contribution in [0.15, 0.2) is 42.6 Å². The number of rotatable bonds is 5. The quantitative estimate of drug-likeness (QED) is 0.420. The zero-order chi connectivity index (χ0) is 15.2. The molecule has 0 atom stereocenters. The predicted molar refractivity (Wildman–Crippen MR) is 84.3 cm³/mol. The lowest BCUT2D eigenvalue weighted by Crippen LogP contribution is -2.41. The van der Waals surface area contributed by atoms with E-state index in [1.54, 1.807) is 12.3 Å². The van der Waals surface area contributed by atoms with Gasteiger partial charge in [0.2, 0.25) is 0 Å². The van der Waals surface area contributed by atoms with Crippen LogP contribution >= 0.6 is 0 Å². The second kappa shape index (κ2) is 7.10. The molecule has 110 valence electrons.